The van der Waals surface area contributed by atoms with Crippen molar-refractivity contribution in [3.05, 3.63) is 0 Å². The van der Waals surface area contributed by atoms with Gasteiger partial charge in [0, 0.05) is 12.1 Å². The minimum atomic E-state index is -0.656. The number of carbonyl (C=O) groups excluding carboxylic acids is 2. The minimum absolute atomic E-state index is 0.0104. The van der Waals surface area contributed by atoms with Gasteiger partial charge in [-0.2, -0.15) is 0 Å². The van der Waals surface area contributed by atoms with E-state index < -0.39 is 5.54 Å². The van der Waals surface area contributed by atoms with Crippen molar-refractivity contribution in [2.75, 3.05) is 0 Å². The Morgan fingerprint density at radius 2 is 1.29 bits per heavy atom. The molecule has 4 nitrogen and oxygen atoms in total. The molecule has 0 spiro atoms. The molecule has 3 aliphatic rings. The molecule has 0 aromatic rings. The van der Waals surface area contributed by atoms with Crippen molar-refractivity contribution in [1.29, 1.82) is 0 Å². The molecule has 0 aromatic heterocycles. The second kappa shape index (κ2) is 5.62. The highest BCUT2D eigenvalue weighted by molar-refractivity contribution is 6.07. The number of urea groups is 1. The molecule has 3 rings (SSSR count). The number of imide groups is 1. The average Bonchev–Trinajstić information content (AvgIpc) is 2.67. The summed E-state index contributed by atoms with van der Waals surface area (Å²) < 4.78 is 0. The number of amides is 3. The van der Waals surface area contributed by atoms with Crippen LogP contribution in [0.5, 0.6) is 0 Å². The lowest BCUT2D eigenvalue weighted by Crippen LogP contribution is -2.50. The van der Waals surface area contributed by atoms with Crippen LogP contribution in [-0.2, 0) is 4.79 Å². The van der Waals surface area contributed by atoms with Crippen LogP contribution in [0.4, 0.5) is 4.79 Å². The zero-order chi connectivity index (χ0) is 15.0. The Kier molecular flexibility index (Phi) is 3.98. The highest BCUT2D eigenvalue weighted by atomic mass is 16.2. The Labute approximate surface area is 127 Å². The summed E-state index contributed by atoms with van der Waals surface area (Å²) in [6.45, 7) is 3.87. The van der Waals surface area contributed by atoms with Crippen molar-refractivity contribution in [2.45, 2.75) is 95.7 Å². The average molecular weight is 292 g/mol. The maximum Gasteiger partial charge on any atom is 0.328 e. The van der Waals surface area contributed by atoms with Gasteiger partial charge < -0.3 is 4.90 Å². The lowest BCUT2D eigenvalue weighted by atomic mass is 9.91. The van der Waals surface area contributed by atoms with Gasteiger partial charge in [-0.3, -0.25) is 9.69 Å². The van der Waals surface area contributed by atoms with Gasteiger partial charge in [0.25, 0.3) is 5.91 Å². The van der Waals surface area contributed by atoms with Crippen LogP contribution in [0.3, 0.4) is 0 Å². The van der Waals surface area contributed by atoms with Gasteiger partial charge in [-0.05, 0) is 39.5 Å². The predicted molar refractivity (Wildman–Crippen MR) is 81.9 cm³/mol. The molecule has 0 aromatic carbocycles. The van der Waals surface area contributed by atoms with Crippen molar-refractivity contribution < 1.29 is 9.59 Å². The van der Waals surface area contributed by atoms with Gasteiger partial charge in [0.1, 0.15) is 5.54 Å². The van der Waals surface area contributed by atoms with E-state index in [2.05, 4.69) is 0 Å². The molecule has 0 bridgehead atoms. The van der Waals surface area contributed by atoms with Gasteiger partial charge in [0.2, 0.25) is 0 Å². The number of hydrogen-bond acceptors (Lipinski definition) is 2. The Bertz CT molecular complexity index is 421. The fourth-order valence-corrected chi connectivity index (χ4v) is 4.45. The molecule has 3 fully saturated rings. The highest BCUT2D eigenvalue weighted by Gasteiger charge is 2.55. The molecule has 2 saturated carbocycles. The Balaban J connectivity index is 1.83. The van der Waals surface area contributed by atoms with Crippen molar-refractivity contribution >= 4 is 11.9 Å². The van der Waals surface area contributed by atoms with Gasteiger partial charge in [0.05, 0.1) is 0 Å². The van der Waals surface area contributed by atoms with Crippen LogP contribution in [-0.4, -0.2) is 39.4 Å². The van der Waals surface area contributed by atoms with Crippen molar-refractivity contribution in [3.8, 4) is 0 Å². The topological polar surface area (TPSA) is 40.6 Å². The van der Waals surface area contributed by atoms with Gasteiger partial charge >= 0.3 is 6.03 Å². The molecule has 21 heavy (non-hydrogen) atoms. The summed E-state index contributed by atoms with van der Waals surface area (Å²) in [5, 5.41) is 0. The zero-order valence-corrected chi connectivity index (χ0v) is 13.4. The van der Waals surface area contributed by atoms with Gasteiger partial charge in [0.15, 0.2) is 0 Å². The Morgan fingerprint density at radius 1 is 0.810 bits per heavy atom. The number of carbonyl (C=O) groups is 2. The molecule has 118 valence electrons. The first-order chi connectivity index (χ1) is 10.0. The van der Waals surface area contributed by atoms with E-state index in [0.717, 1.165) is 38.5 Å². The van der Waals surface area contributed by atoms with Crippen LogP contribution in [0.25, 0.3) is 0 Å². The molecule has 0 radical (unpaired) electrons. The highest BCUT2D eigenvalue weighted by Crippen LogP contribution is 2.38. The van der Waals surface area contributed by atoms with E-state index in [1.807, 2.05) is 18.7 Å². The molecule has 1 saturated heterocycles. The largest absolute Gasteiger partial charge is 0.328 e. The first-order valence-corrected chi connectivity index (χ1v) is 8.70. The van der Waals surface area contributed by atoms with Gasteiger partial charge in [-0.15, -0.1) is 0 Å². The quantitative estimate of drug-likeness (QED) is 0.728. The first kappa shape index (κ1) is 14.9. The van der Waals surface area contributed by atoms with Crippen LogP contribution in [0, 0.1) is 0 Å². The summed E-state index contributed by atoms with van der Waals surface area (Å²) >= 11 is 0. The molecule has 1 heterocycles. The number of nitrogens with zero attached hydrogens (tertiary/aromatic N) is 2. The maximum atomic E-state index is 13.0. The fourth-order valence-electron chi connectivity index (χ4n) is 4.45. The Hall–Kier alpha value is -1.06. The number of rotatable bonds is 2. The zero-order valence-electron chi connectivity index (χ0n) is 13.4. The van der Waals surface area contributed by atoms with Crippen LogP contribution in [0.2, 0.25) is 0 Å². The predicted octanol–water partition coefficient (Wildman–Crippen LogP) is 3.69. The van der Waals surface area contributed by atoms with E-state index >= 15 is 0 Å². The summed E-state index contributed by atoms with van der Waals surface area (Å²) in [6.07, 6.45) is 11.3. The van der Waals surface area contributed by atoms with Gasteiger partial charge in [-0.1, -0.05) is 38.5 Å². The van der Waals surface area contributed by atoms with Crippen LogP contribution < -0.4 is 0 Å². The molecule has 4 heteroatoms. The van der Waals surface area contributed by atoms with Crippen LogP contribution in [0.15, 0.2) is 0 Å². The fraction of sp³-hybridized carbons (Fsp3) is 0.882. The first-order valence-electron chi connectivity index (χ1n) is 8.70. The van der Waals surface area contributed by atoms with E-state index in [1.165, 1.54) is 25.7 Å². The lowest BCUT2D eigenvalue weighted by Gasteiger charge is -2.37. The van der Waals surface area contributed by atoms with Gasteiger partial charge in [-0.25, -0.2) is 4.79 Å². The molecular formula is C17H28N2O2. The molecule has 0 unspecified atom stereocenters. The lowest BCUT2D eigenvalue weighted by molar-refractivity contribution is -0.134. The summed E-state index contributed by atoms with van der Waals surface area (Å²) in [6, 6.07) is 0.397. The summed E-state index contributed by atoms with van der Waals surface area (Å²) in [7, 11) is 0. The monoisotopic (exact) mass is 292 g/mol. The Morgan fingerprint density at radius 3 is 1.81 bits per heavy atom. The number of hydrogen-bond donors (Lipinski definition) is 0. The normalized spacial score (nSPS) is 28.5. The van der Waals surface area contributed by atoms with Crippen molar-refractivity contribution in [2.24, 2.45) is 0 Å². The minimum Gasteiger partial charge on any atom is -0.307 e. The second-order valence-corrected chi connectivity index (χ2v) is 7.47. The summed E-state index contributed by atoms with van der Waals surface area (Å²) in [4.78, 5) is 29.4. The SMILES string of the molecule is CC1(C)C(=O)N(C2CCCCC2)C(=O)N1C1CCCCC1. The third-order valence-electron chi connectivity index (χ3n) is 5.64. The van der Waals surface area contributed by atoms with E-state index in [4.69, 9.17) is 0 Å². The second-order valence-electron chi connectivity index (χ2n) is 7.47. The van der Waals surface area contributed by atoms with E-state index in [0.29, 0.717) is 0 Å². The van der Waals surface area contributed by atoms with Crippen molar-refractivity contribution in [3.63, 3.8) is 0 Å². The summed E-state index contributed by atoms with van der Waals surface area (Å²) in [5.74, 6) is 0.0324. The summed E-state index contributed by atoms with van der Waals surface area (Å²) in [5.41, 5.74) is -0.656. The van der Waals surface area contributed by atoms with E-state index in [1.54, 1.807) is 4.90 Å². The third-order valence-corrected chi connectivity index (χ3v) is 5.64. The molecule has 0 atom stereocenters. The third kappa shape index (κ3) is 2.47. The van der Waals surface area contributed by atoms with Crippen molar-refractivity contribution in [1.82, 2.24) is 9.80 Å². The van der Waals surface area contributed by atoms with E-state index in [9.17, 15) is 9.59 Å². The standard InChI is InChI=1S/C17H28N2O2/c1-17(2)15(20)18(13-9-5-3-6-10-13)16(21)19(17)14-11-7-4-8-12-14/h13-14H,3-12H2,1-2H3. The molecule has 2 aliphatic carbocycles. The molecular weight excluding hydrogens is 264 g/mol. The van der Waals surface area contributed by atoms with Crippen LogP contribution >= 0.6 is 0 Å². The molecule has 0 N–H and O–H groups in total. The van der Waals surface area contributed by atoms with Crippen LogP contribution in [0.1, 0.15) is 78.1 Å². The molecule has 1 aliphatic heterocycles. The van der Waals surface area contributed by atoms with E-state index in [-0.39, 0.29) is 24.0 Å². The molecule has 3 amide bonds. The smallest absolute Gasteiger partial charge is 0.307 e. The maximum absolute atomic E-state index is 13.0.